The van der Waals surface area contributed by atoms with E-state index in [4.69, 9.17) is 9.52 Å². The van der Waals surface area contributed by atoms with Crippen molar-refractivity contribution in [2.24, 2.45) is 0 Å². The molecule has 1 aliphatic heterocycles. The van der Waals surface area contributed by atoms with Gasteiger partial charge in [-0.25, -0.2) is 9.78 Å². The largest absolute Gasteiger partial charge is 0.480 e. The van der Waals surface area contributed by atoms with Gasteiger partial charge < -0.3 is 14.4 Å². The number of carbonyl (C=O) groups is 2. The maximum absolute atomic E-state index is 12.2. The van der Waals surface area contributed by atoms with Gasteiger partial charge in [-0.2, -0.15) is 0 Å². The molecule has 0 radical (unpaired) electrons. The highest BCUT2D eigenvalue weighted by Crippen LogP contribution is 2.24. The molecule has 110 valence electrons. The fraction of sp³-hybridized carbons (Fsp3) is 0.357. The SMILES string of the molecule is O=C(O)C1CCCN1C(=O)Cc1coc(-c2cccs2)n1. The molecule has 21 heavy (non-hydrogen) atoms. The molecule has 1 N–H and O–H groups in total. The summed E-state index contributed by atoms with van der Waals surface area (Å²) in [6, 6.07) is 3.08. The smallest absolute Gasteiger partial charge is 0.326 e. The van der Waals surface area contributed by atoms with Crippen molar-refractivity contribution >= 4 is 23.2 Å². The summed E-state index contributed by atoms with van der Waals surface area (Å²) in [6.07, 6.45) is 2.76. The number of oxazole rings is 1. The summed E-state index contributed by atoms with van der Waals surface area (Å²) in [5.74, 6) is -0.671. The van der Waals surface area contributed by atoms with Gasteiger partial charge in [-0.05, 0) is 24.3 Å². The van der Waals surface area contributed by atoms with Gasteiger partial charge in [-0.15, -0.1) is 11.3 Å². The Morgan fingerprint density at radius 2 is 2.38 bits per heavy atom. The number of hydrogen-bond acceptors (Lipinski definition) is 5. The number of carbonyl (C=O) groups excluding carboxylic acids is 1. The van der Waals surface area contributed by atoms with E-state index < -0.39 is 12.0 Å². The standard InChI is InChI=1S/C14H14N2O4S/c17-12(16-5-1-3-10(16)14(18)19)7-9-8-20-13(15-9)11-4-2-6-21-11/h2,4,6,8,10H,1,3,5,7H2,(H,18,19). The van der Waals surface area contributed by atoms with Gasteiger partial charge in [-0.1, -0.05) is 6.07 Å². The van der Waals surface area contributed by atoms with Crippen LogP contribution in [0.25, 0.3) is 10.8 Å². The number of carboxylic acid groups (broad SMARTS) is 1. The van der Waals surface area contributed by atoms with Gasteiger partial charge in [0.25, 0.3) is 0 Å². The number of amides is 1. The van der Waals surface area contributed by atoms with Gasteiger partial charge in [0.15, 0.2) is 0 Å². The second-order valence-electron chi connectivity index (χ2n) is 4.88. The summed E-state index contributed by atoms with van der Waals surface area (Å²) in [4.78, 5) is 29.9. The zero-order valence-corrected chi connectivity index (χ0v) is 12.0. The minimum Gasteiger partial charge on any atom is -0.480 e. The van der Waals surface area contributed by atoms with E-state index in [1.54, 1.807) is 0 Å². The Balaban J connectivity index is 1.69. The molecule has 0 bridgehead atoms. The van der Waals surface area contributed by atoms with E-state index in [0.717, 1.165) is 11.3 Å². The third kappa shape index (κ3) is 2.82. The van der Waals surface area contributed by atoms with Crippen LogP contribution in [0.3, 0.4) is 0 Å². The molecular formula is C14H14N2O4S. The topological polar surface area (TPSA) is 83.6 Å². The molecule has 2 aromatic rings. The molecule has 1 amide bonds. The van der Waals surface area contributed by atoms with E-state index in [1.807, 2.05) is 17.5 Å². The minimum atomic E-state index is -0.944. The van der Waals surface area contributed by atoms with Crippen LogP contribution in [0.2, 0.25) is 0 Å². The van der Waals surface area contributed by atoms with Crippen molar-refractivity contribution < 1.29 is 19.1 Å². The average molecular weight is 306 g/mol. The zero-order chi connectivity index (χ0) is 14.8. The second-order valence-corrected chi connectivity index (χ2v) is 5.83. The van der Waals surface area contributed by atoms with Gasteiger partial charge in [-0.3, -0.25) is 4.79 Å². The van der Waals surface area contributed by atoms with Crippen molar-refractivity contribution in [3.63, 3.8) is 0 Å². The molecule has 1 aliphatic rings. The van der Waals surface area contributed by atoms with Crippen molar-refractivity contribution in [1.82, 2.24) is 9.88 Å². The van der Waals surface area contributed by atoms with E-state index in [2.05, 4.69) is 4.98 Å². The van der Waals surface area contributed by atoms with Crippen LogP contribution in [0.15, 0.2) is 28.2 Å². The van der Waals surface area contributed by atoms with E-state index in [1.165, 1.54) is 22.5 Å². The minimum absolute atomic E-state index is 0.0681. The first-order chi connectivity index (χ1) is 10.1. The summed E-state index contributed by atoms with van der Waals surface area (Å²) in [7, 11) is 0. The molecule has 7 heteroatoms. The quantitative estimate of drug-likeness (QED) is 0.934. The Labute approximate surface area is 125 Å². The fourth-order valence-electron chi connectivity index (χ4n) is 2.48. The lowest BCUT2D eigenvalue weighted by Gasteiger charge is -2.20. The summed E-state index contributed by atoms with van der Waals surface area (Å²) in [5.41, 5.74) is 0.527. The fourth-order valence-corrected chi connectivity index (χ4v) is 3.14. The number of aromatic nitrogens is 1. The number of aliphatic carboxylic acids is 1. The van der Waals surface area contributed by atoms with Crippen LogP contribution < -0.4 is 0 Å². The maximum Gasteiger partial charge on any atom is 0.326 e. The molecule has 1 atom stereocenters. The average Bonchev–Trinajstić information content (AvgIpc) is 3.19. The van der Waals surface area contributed by atoms with Crippen LogP contribution in [-0.2, 0) is 16.0 Å². The van der Waals surface area contributed by atoms with Crippen LogP contribution in [0.1, 0.15) is 18.5 Å². The second kappa shape index (κ2) is 5.69. The maximum atomic E-state index is 12.2. The van der Waals surface area contributed by atoms with E-state index in [0.29, 0.717) is 24.6 Å². The lowest BCUT2D eigenvalue weighted by Crippen LogP contribution is -2.41. The molecule has 1 saturated heterocycles. The number of nitrogens with zero attached hydrogens (tertiary/aromatic N) is 2. The predicted molar refractivity (Wildman–Crippen MR) is 75.9 cm³/mol. The van der Waals surface area contributed by atoms with Gasteiger partial charge in [0, 0.05) is 6.54 Å². The van der Waals surface area contributed by atoms with Crippen LogP contribution >= 0.6 is 11.3 Å². The van der Waals surface area contributed by atoms with Gasteiger partial charge in [0.1, 0.15) is 12.3 Å². The lowest BCUT2D eigenvalue weighted by molar-refractivity contribution is -0.148. The highest BCUT2D eigenvalue weighted by atomic mass is 32.1. The Bertz CT molecular complexity index is 650. The Hall–Kier alpha value is -2.15. The zero-order valence-electron chi connectivity index (χ0n) is 11.2. The summed E-state index contributed by atoms with van der Waals surface area (Å²) < 4.78 is 5.36. The first-order valence-electron chi connectivity index (χ1n) is 6.65. The van der Waals surface area contributed by atoms with Gasteiger partial charge in [0.05, 0.1) is 17.0 Å². The van der Waals surface area contributed by atoms with Crippen molar-refractivity contribution in [3.8, 4) is 10.8 Å². The van der Waals surface area contributed by atoms with E-state index >= 15 is 0 Å². The third-order valence-electron chi connectivity index (χ3n) is 3.47. The molecule has 2 aromatic heterocycles. The molecule has 6 nitrogen and oxygen atoms in total. The van der Waals surface area contributed by atoms with Crippen molar-refractivity contribution in [3.05, 3.63) is 29.5 Å². The lowest BCUT2D eigenvalue weighted by atomic mass is 10.2. The van der Waals surface area contributed by atoms with Crippen molar-refractivity contribution in [2.45, 2.75) is 25.3 Å². The molecule has 0 aromatic carbocycles. The molecule has 0 aliphatic carbocycles. The monoisotopic (exact) mass is 306 g/mol. The van der Waals surface area contributed by atoms with Crippen LogP contribution in [0, 0.1) is 0 Å². The molecule has 3 rings (SSSR count). The molecule has 1 unspecified atom stereocenters. The molecule has 1 fully saturated rings. The molecule has 0 spiro atoms. The van der Waals surface area contributed by atoms with Crippen LogP contribution in [0.4, 0.5) is 0 Å². The van der Waals surface area contributed by atoms with Gasteiger partial charge >= 0.3 is 5.97 Å². The Morgan fingerprint density at radius 1 is 1.52 bits per heavy atom. The predicted octanol–water partition coefficient (Wildman–Crippen LogP) is 2.02. The third-order valence-corrected chi connectivity index (χ3v) is 4.33. The normalized spacial score (nSPS) is 18.1. The highest BCUT2D eigenvalue weighted by Gasteiger charge is 2.34. The molecule has 0 saturated carbocycles. The first kappa shape index (κ1) is 13.8. The van der Waals surface area contributed by atoms with E-state index in [9.17, 15) is 9.59 Å². The number of thiophene rings is 1. The summed E-state index contributed by atoms with van der Waals surface area (Å²) in [6.45, 7) is 0.492. The highest BCUT2D eigenvalue weighted by molar-refractivity contribution is 7.13. The number of carboxylic acids is 1. The summed E-state index contributed by atoms with van der Waals surface area (Å²) in [5, 5.41) is 11.0. The summed E-state index contributed by atoms with van der Waals surface area (Å²) >= 11 is 1.51. The van der Waals surface area contributed by atoms with Crippen molar-refractivity contribution in [1.29, 1.82) is 0 Å². The number of rotatable bonds is 4. The van der Waals surface area contributed by atoms with Gasteiger partial charge in [0.2, 0.25) is 11.8 Å². The molecular weight excluding hydrogens is 292 g/mol. The van der Waals surface area contributed by atoms with Crippen LogP contribution in [-0.4, -0.2) is 39.5 Å². The first-order valence-corrected chi connectivity index (χ1v) is 7.53. The molecule has 3 heterocycles. The number of hydrogen-bond donors (Lipinski definition) is 1. The van der Waals surface area contributed by atoms with Crippen LogP contribution in [0.5, 0.6) is 0 Å². The van der Waals surface area contributed by atoms with E-state index in [-0.39, 0.29) is 12.3 Å². The number of likely N-dealkylation sites (tertiary alicyclic amines) is 1. The Morgan fingerprint density at radius 3 is 3.10 bits per heavy atom. The Kier molecular flexibility index (Phi) is 3.74. The van der Waals surface area contributed by atoms with Crippen molar-refractivity contribution in [2.75, 3.05) is 6.54 Å².